The van der Waals surface area contributed by atoms with Crippen molar-refractivity contribution in [3.63, 3.8) is 0 Å². The van der Waals surface area contributed by atoms with Crippen LogP contribution in [-0.4, -0.2) is 25.2 Å². The van der Waals surface area contributed by atoms with E-state index in [1.807, 2.05) is 60.1 Å². The molecule has 6 nitrogen and oxygen atoms in total. The first-order chi connectivity index (χ1) is 14.6. The van der Waals surface area contributed by atoms with Crippen LogP contribution >= 0.6 is 15.9 Å². The molecular weight excluding hydrogens is 442 g/mol. The highest BCUT2D eigenvalue weighted by molar-refractivity contribution is 9.10. The number of amides is 1. The van der Waals surface area contributed by atoms with Gasteiger partial charge in [-0.1, -0.05) is 36.8 Å². The number of hydrogen-bond acceptors (Lipinski definition) is 3. The minimum absolute atomic E-state index is 0.155. The maximum atomic E-state index is 13.1. The van der Waals surface area contributed by atoms with E-state index in [1.165, 1.54) is 6.42 Å². The third kappa shape index (κ3) is 3.23. The van der Waals surface area contributed by atoms with Crippen LogP contribution in [0.5, 0.6) is 0 Å². The minimum atomic E-state index is -0.155. The molecule has 0 spiro atoms. The number of aromatic nitrogens is 4. The van der Waals surface area contributed by atoms with Gasteiger partial charge >= 0.3 is 0 Å². The molecular formula is C23H22BrN5O. The molecule has 3 heterocycles. The van der Waals surface area contributed by atoms with E-state index in [-0.39, 0.29) is 5.91 Å². The minimum Gasteiger partial charge on any atom is -0.339 e. The number of fused-ring (bicyclic) bond motifs is 2. The van der Waals surface area contributed by atoms with Gasteiger partial charge in [0, 0.05) is 42.2 Å². The molecule has 0 saturated carbocycles. The first kappa shape index (κ1) is 19.1. The Bertz CT molecular complexity index is 1220. The van der Waals surface area contributed by atoms with Gasteiger partial charge in [0.05, 0.1) is 4.47 Å². The van der Waals surface area contributed by atoms with Crippen LogP contribution in [0.4, 0.5) is 5.69 Å². The van der Waals surface area contributed by atoms with Crippen molar-refractivity contribution in [1.29, 1.82) is 0 Å². The Balaban J connectivity index is 1.46. The number of aryl methyl sites for hydroxylation is 2. The Morgan fingerprint density at radius 3 is 2.80 bits per heavy atom. The molecule has 0 saturated heterocycles. The van der Waals surface area contributed by atoms with Gasteiger partial charge in [0.1, 0.15) is 11.5 Å². The van der Waals surface area contributed by atoms with Gasteiger partial charge < -0.3 is 14.5 Å². The molecule has 1 amide bonds. The van der Waals surface area contributed by atoms with Gasteiger partial charge in [0.15, 0.2) is 5.82 Å². The number of nitrogens with zero attached hydrogens (tertiary/aromatic N) is 4. The maximum absolute atomic E-state index is 13.1. The Morgan fingerprint density at radius 1 is 1.07 bits per heavy atom. The average Bonchev–Trinajstić information content (AvgIpc) is 3.17. The fraction of sp³-hybridized carbons (Fsp3) is 0.261. The standard InChI is InChI=1S/C23H22BrN5O/c1-28-18-11-5-4-10-17(18)20(24)21(28)23(30)25-16-9-7-8-15(14-16)22-27-26-19-12-3-2-6-13-29(19)22/h4-5,7-11,14H,2-3,6,12-13H2,1H3,(H,25,30). The quantitative estimate of drug-likeness (QED) is 0.455. The molecule has 0 atom stereocenters. The van der Waals surface area contributed by atoms with Gasteiger partial charge in [-0.3, -0.25) is 4.79 Å². The van der Waals surface area contributed by atoms with E-state index in [1.54, 1.807) is 0 Å². The van der Waals surface area contributed by atoms with Crippen molar-refractivity contribution in [1.82, 2.24) is 19.3 Å². The van der Waals surface area contributed by atoms with Gasteiger partial charge in [-0.25, -0.2) is 0 Å². The number of nitrogens with one attached hydrogen (secondary N) is 1. The van der Waals surface area contributed by atoms with Crippen molar-refractivity contribution >= 4 is 38.4 Å². The predicted octanol–water partition coefficient (Wildman–Crippen LogP) is 5.18. The highest BCUT2D eigenvalue weighted by Crippen LogP contribution is 2.31. The van der Waals surface area contributed by atoms with Gasteiger partial charge in [-0.2, -0.15) is 0 Å². The number of carbonyl (C=O) groups excluding carboxylic acids is 1. The molecule has 5 rings (SSSR count). The summed E-state index contributed by atoms with van der Waals surface area (Å²) in [6.07, 6.45) is 4.50. The van der Waals surface area contributed by atoms with E-state index in [9.17, 15) is 4.79 Å². The number of halogens is 1. The van der Waals surface area contributed by atoms with E-state index in [0.29, 0.717) is 5.69 Å². The third-order valence-corrected chi connectivity index (χ3v) is 6.55. The lowest BCUT2D eigenvalue weighted by molar-refractivity contribution is 0.101. The SMILES string of the molecule is Cn1c(C(=O)Nc2cccc(-c3nnc4n3CCCCC4)c2)c(Br)c2ccccc21. The molecule has 1 N–H and O–H groups in total. The summed E-state index contributed by atoms with van der Waals surface area (Å²) in [5.74, 6) is 1.77. The molecule has 0 aliphatic carbocycles. The third-order valence-electron chi connectivity index (χ3n) is 5.75. The monoisotopic (exact) mass is 463 g/mol. The fourth-order valence-corrected chi connectivity index (χ4v) is 5.01. The smallest absolute Gasteiger partial charge is 0.273 e. The summed E-state index contributed by atoms with van der Waals surface area (Å²) < 4.78 is 4.93. The molecule has 0 bridgehead atoms. The fourth-order valence-electron chi connectivity index (χ4n) is 4.22. The first-order valence-electron chi connectivity index (χ1n) is 10.2. The van der Waals surface area contributed by atoms with Gasteiger partial charge in [0.25, 0.3) is 5.91 Å². The van der Waals surface area contributed by atoms with E-state index < -0.39 is 0 Å². The van der Waals surface area contributed by atoms with Crippen molar-refractivity contribution < 1.29 is 4.79 Å². The lowest BCUT2D eigenvalue weighted by atomic mass is 10.1. The van der Waals surface area contributed by atoms with Crippen LogP contribution in [0.15, 0.2) is 53.0 Å². The van der Waals surface area contributed by atoms with E-state index >= 15 is 0 Å². The molecule has 0 fully saturated rings. The number of carbonyl (C=O) groups is 1. The first-order valence-corrected chi connectivity index (χ1v) is 11.0. The summed E-state index contributed by atoms with van der Waals surface area (Å²) in [7, 11) is 1.91. The molecule has 1 aliphatic rings. The Labute approximate surface area is 183 Å². The van der Waals surface area contributed by atoms with E-state index in [2.05, 4.69) is 36.0 Å². The summed E-state index contributed by atoms with van der Waals surface area (Å²) in [5.41, 5.74) is 3.30. The maximum Gasteiger partial charge on any atom is 0.273 e. The zero-order chi connectivity index (χ0) is 20.7. The lowest BCUT2D eigenvalue weighted by Crippen LogP contribution is -2.16. The summed E-state index contributed by atoms with van der Waals surface area (Å²) in [6.45, 7) is 0.942. The number of benzene rings is 2. The highest BCUT2D eigenvalue weighted by Gasteiger charge is 2.20. The second kappa shape index (κ2) is 7.72. The average molecular weight is 464 g/mol. The number of para-hydroxylation sites is 1. The molecule has 0 unspecified atom stereocenters. The summed E-state index contributed by atoms with van der Waals surface area (Å²) in [6, 6.07) is 15.8. The lowest BCUT2D eigenvalue weighted by Gasteiger charge is -2.10. The normalized spacial score (nSPS) is 13.8. The Morgan fingerprint density at radius 2 is 1.93 bits per heavy atom. The zero-order valence-corrected chi connectivity index (χ0v) is 18.3. The number of rotatable bonds is 3. The molecule has 7 heteroatoms. The Kier molecular flexibility index (Phi) is 4.90. The van der Waals surface area contributed by atoms with E-state index in [0.717, 1.165) is 64.1 Å². The van der Waals surface area contributed by atoms with Crippen LogP contribution in [0.2, 0.25) is 0 Å². The second-order valence-electron chi connectivity index (χ2n) is 7.68. The molecule has 2 aromatic heterocycles. The molecule has 4 aromatic rings. The highest BCUT2D eigenvalue weighted by atomic mass is 79.9. The van der Waals surface area contributed by atoms with Crippen molar-refractivity contribution in [2.24, 2.45) is 7.05 Å². The van der Waals surface area contributed by atoms with Crippen molar-refractivity contribution in [2.45, 2.75) is 32.2 Å². The van der Waals surface area contributed by atoms with Crippen molar-refractivity contribution in [3.05, 3.63) is 64.5 Å². The van der Waals surface area contributed by atoms with Crippen molar-refractivity contribution in [3.8, 4) is 11.4 Å². The van der Waals surface area contributed by atoms with Crippen LogP contribution in [0.1, 0.15) is 35.6 Å². The van der Waals surface area contributed by atoms with Crippen LogP contribution in [0, 0.1) is 0 Å². The predicted molar refractivity (Wildman–Crippen MR) is 122 cm³/mol. The van der Waals surface area contributed by atoms with Crippen LogP contribution in [-0.2, 0) is 20.0 Å². The van der Waals surface area contributed by atoms with E-state index in [4.69, 9.17) is 0 Å². The number of anilines is 1. The van der Waals surface area contributed by atoms with Gasteiger partial charge in [-0.15, -0.1) is 10.2 Å². The second-order valence-corrected chi connectivity index (χ2v) is 8.47. The van der Waals surface area contributed by atoms with Crippen LogP contribution in [0.25, 0.3) is 22.3 Å². The summed E-state index contributed by atoms with van der Waals surface area (Å²) >= 11 is 3.61. The molecule has 0 radical (unpaired) electrons. The van der Waals surface area contributed by atoms with Gasteiger partial charge in [0.2, 0.25) is 0 Å². The number of hydrogen-bond donors (Lipinski definition) is 1. The van der Waals surface area contributed by atoms with Crippen LogP contribution < -0.4 is 5.32 Å². The summed E-state index contributed by atoms with van der Waals surface area (Å²) in [5, 5.41) is 12.9. The van der Waals surface area contributed by atoms with Crippen molar-refractivity contribution in [2.75, 3.05) is 5.32 Å². The summed E-state index contributed by atoms with van der Waals surface area (Å²) in [4.78, 5) is 13.1. The molecule has 30 heavy (non-hydrogen) atoms. The van der Waals surface area contributed by atoms with Crippen LogP contribution in [0.3, 0.4) is 0 Å². The Hall–Kier alpha value is -2.93. The molecule has 152 valence electrons. The molecule has 1 aliphatic heterocycles. The topological polar surface area (TPSA) is 64.7 Å². The van der Waals surface area contributed by atoms with Gasteiger partial charge in [-0.05, 0) is 47.0 Å². The largest absolute Gasteiger partial charge is 0.339 e. The zero-order valence-electron chi connectivity index (χ0n) is 16.7. The molecule has 2 aromatic carbocycles.